The average Bonchev–Trinajstić information content (AvgIpc) is 2.39. The Morgan fingerprint density at radius 1 is 1.00 bits per heavy atom. The summed E-state index contributed by atoms with van der Waals surface area (Å²) in [5.74, 6) is 0. The van der Waals surface area contributed by atoms with Gasteiger partial charge in [0.25, 0.3) is 0 Å². The standard InChI is InChI=1S/C15H26OSi/c1-2-3-4-5-6-10-13-15(17-16)14-11-8-7-9-12-14/h7-9,11-12,15-16H,2-6,10,13,17H2,1H3. The minimum Gasteiger partial charge on any atom is -0.438 e. The van der Waals surface area contributed by atoms with Crippen LogP contribution in [0.4, 0.5) is 0 Å². The largest absolute Gasteiger partial charge is 0.438 e. The molecule has 1 aromatic carbocycles. The second-order valence-electron chi connectivity index (χ2n) is 4.85. The molecule has 1 atom stereocenters. The van der Waals surface area contributed by atoms with E-state index in [1.54, 1.807) is 0 Å². The van der Waals surface area contributed by atoms with Gasteiger partial charge in [-0.2, -0.15) is 0 Å². The fourth-order valence-corrected chi connectivity index (χ4v) is 3.21. The molecular formula is C15H26OSi. The highest BCUT2D eigenvalue weighted by atomic mass is 28.2. The molecule has 1 unspecified atom stereocenters. The smallest absolute Gasteiger partial charge is 0.164 e. The summed E-state index contributed by atoms with van der Waals surface area (Å²) in [7, 11) is -0.914. The Balaban J connectivity index is 2.20. The number of rotatable bonds is 9. The summed E-state index contributed by atoms with van der Waals surface area (Å²) < 4.78 is 0. The number of unbranched alkanes of at least 4 members (excludes halogenated alkanes) is 5. The van der Waals surface area contributed by atoms with E-state index in [1.807, 2.05) is 6.07 Å². The average molecular weight is 250 g/mol. The van der Waals surface area contributed by atoms with Gasteiger partial charge in [0.2, 0.25) is 0 Å². The van der Waals surface area contributed by atoms with Crippen LogP contribution in [0, 0.1) is 0 Å². The zero-order valence-corrected chi connectivity index (χ0v) is 12.5. The summed E-state index contributed by atoms with van der Waals surface area (Å²) in [5.41, 5.74) is 1.82. The van der Waals surface area contributed by atoms with Gasteiger partial charge in [-0.05, 0) is 17.5 Å². The molecule has 0 saturated carbocycles. The third kappa shape index (κ3) is 6.04. The van der Waals surface area contributed by atoms with Crippen LogP contribution < -0.4 is 0 Å². The van der Waals surface area contributed by atoms with Crippen molar-refractivity contribution in [1.29, 1.82) is 0 Å². The summed E-state index contributed by atoms with van der Waals surface area (Å²) in [6.07, 6.45) is 9.21. The van der Waals surface area contributed by atoms with Gasteiger partial charge >= 0.3 is 0 Å². The molecule has 0 aliphatic heterocycles. The Morgan fingerprint density at radius 2 is 1.65 bits per heavy atom. The van der Waals surface area contributed by atoms with Crippen molar-refractivity contribution in [3.63, 3.8) is 0 Å². The summed E-state index contributed by atoms with van der Waals surface area (Å²) in [4.78, 5) is 9.56. The van der Waals surface area contributed by atoms with E-state index in [2.05, 4.69) is 31.2 Å². The van der Waals surface area contributed by atoms with Crippen LogP contribution in [-0.4, -0.2) is 14.6 Å². The summed E-state index contributed by atoms with van der Waals surface area (Å²) in [5, 5.41) is 0. The Hall–Kier alpha value is -0.603. The van der Waals surface area contributed by atoms with Crippen LogP contribution in [0.1, 0.15) is 63.0 Å². The van der Waals surface area contributed by atoms with E-state index in [9.17, 15) is 4.80 Å². The Labute approximate surface area is 108 Å². The van der Waals surface area contributed by atoms with Gasteiger partial charge in [0, 0.05) is 0 Å². The molecule has 96 valence electrons. The summed E-state index contributed by atoms with van der Waals surface area (Å²) in [6, 6.07) is 10.5. The molecule has 0 radical (unpaired) electrons. The minimum absolute atomic E-state index is 0.474. The molecule has 1 aromatic rings. The fraction of sp³-hybridized carbons (Fsp3) is 0.600. The van der Waals surface area contributed by atoms with Crippen LogP contribution in [-0.2, 0) is 0 Å². The maximum Gasteiger partial charge on any atom is 0.164 e. The summed E-state index contributed by atoms with van der Waals surface area (Å²) in [6.45, 7) is 2.25. The van der Waals surface area contributed by atoms with Crippen LogP contribution in [0.25, 0.3) is 0 Å². The highest BCUT2D eigenvalue weighted by Crippen LogP contribution is 2.21. The Morgan fingerprint density at radius 3 is 2.29 bits per heavy atom. The minimum atomic E-state index is -0.914. The second-order valence-corrected chi connectivity index (χ2v) is 6.20. The van der Waals surface area contributed by atoms with E-state index in [-0.39, 0.29) is 0 Å². The van der Waals surface area contributed by atoms with Crippen molar-refractivity contribution in [3.05, 3.63) is 35.9 Å². The molecule has 0 fully saturated rings. The van der Waals surface area contributed by atoms with E-state index in [0.29, 0.717) is 5.54 Å². The van der Waals surface area contributed by atoms with Gasteiger partial charge in [-0.25, -0.2) is 0 Å². The first kappa shape index (κ1) is 14.5. The molecule has 0 aliphatic rings. The van der Waals surface area contributed by atoms with Gasteiger partial charge in [0.15, 0.2) is 9.76 Å². The van der Waals surface area contributed by atoms with Gasteiger partial charge in [-0.15, -0.1) is 0 Å². The zero-order chi connectivity index (χ0) is 12.3. The number of benzene rings is 1. The van der Waals surface area contributed by atoms with Gasteiger partial charge in [0.05, 0.1) is 0 Å². The van der Waals surface area contributed by atoms with Crippen molar-refractivity contribution in [2.45, 2.75) is 57.4 Å². The topological polar surface area (TPSA) is 20.2 Å². The zero-order valence-electron chi connectivity index (χ0n) is 11.1. The van der Waals surface area contributed by atoms with Crippen molar-refractivity contribution in [3.8, 4) is 0 Å². The molecule has 17 heavy (non-hydrogen) atoms. The lowest BCUT2D eigenvalue weighted by Gasteiger charge is -2.13. The van der Waals surface area contributed by atoms with Gasteiger partial charge < -0.3 is 4.80 Å². The van der Waals surface area contributed by atoms with Crippen molar-refractivity contribution >= 4 is 9.76 Å². The molecule has 1 rings (SSSR count). The van der Waals surface area contributed by atoms with Crippen LogP contribution in [0.15, 0.2) is 30.3 Å². The predicted octanol–water partition coefficient (Wildman–Crippen LogP) is 3.55. The molecule has 0 amide bonds. The maximum atomic E-state index is 9.56. The normalized spacial score (nSPS) is 13.3. The van der Waals surface area contributed by atoms with Crippen LogP contribution >= 0.6 is 0 Å². The highest BCUT2D eigenvalue weighted by Gasteiger charge is 2.09. The maximum absolute atomic E-state index is 9.56. The molecule has 0 bridgehead atoms. The highest BCUT2D eigenvalue weighted by molar-refractivity contribution is 6.28. The lowest BCUT2D eigenvalue weighted by Crippen LogP contribution is -2.07. The van der Waals surface area contributed by atoms with Gasteiger partial charge in [0.1, 0.15) is 0 Å². The van der Waals surface area contributed by atoms with Gasteiger partial charge in [-0.3, -0.25) is 0 Å². The molecule has 1 nitrogen and oxygen atoms in total. The van der Waals surface area contributed by atoms with Crippen LogP contribution in [0.5, 0.6) is 0 Å². The summed E-state index contributed by atoms with van der Waals surface area (Å²) >= 11 is 0. The molecule has 0 spiro atoms. The molecule has 0 aliphatic carbocycles. The lowest BCUT2D eigenvalue weighted by atomic mass is 10.0. The Kier molecular flexibility index (Phi) is 8.02. The number of hydrogen-bond donors (Lipinski definition) is 1. The first-order valence-corrected chi connectivity index (χ1v) is 8.49. The van der Waals surface area contributed by atoms with E-state index in [0.717, 1.165) is 0 Å². The third-order valence-electron chi connectivity index (χ3n) is 3.40. The first-order chi connectivity index (χ1) is 8.38. The van der Waals surface area contributed by atoms with Crippen molar-refractivity contribution < 1.29 is 4.80 Å². The van der Waals surface area contributed by atoms with Crippen LogP contribution in [0.2, 0.25) is 0 Å². The second kappa shape index (κ2) is 9.43. The third-order valence-corrected chi connectivity index (χ3v) is 4.72. The first-order valence-electron chi connectivity index (χ1n) is 7.04. The monoisotopic (exact) mass is 250 g/mol. The van der Waals surface area contributed by atoms with E-state index in [1.165, 1.54) is 50.5 Å². The lowest BCUT2D eigenvalue weighted by molar-refractivity contribution is 0.543. The van der Waals surface area contributed by atoms with Crippen molar-refractivity contribution in [1.82, 2.24) is 0 Å². The number of hydrogen-bond acceptors (Lipinski definition) is 1. The van der Waals surface area contributed by atoms with Crippen molar-refractivity contribution in [2.75, 3.05) is 0 Å². The fourth-order valence-electron chi connectivity index (χ4n) is 2.26. The SMILES string of the molecule is CCCCCCCCC([SiH2]O)c1ccccc1. The predicted molar refractivity (Wildman–Crippen MR) is 77.9 cm³/mol. The molecule has 2 heteroatoms. The molecular weight excluding hydrogens is 224 g/mol. The quantitative estimate of drug-likeness (QED) is 0.525. The van der Waals surface area contributed by atoms with Crippen molar-refractivity contribution in [2.24, 2.45) is 0 Å². The van der Waals surface area contributed by atoms with Crippen LogP contribution in [0.3, 0.4) is 0 Å². The molecule has 0 heterocycles. The van der Waals surface area contributed by atoms with E-state index >= 15 is 0 Å². The van der Waals surface area contributed by atoms with E-state index in [4.69, 9.17) is 0 Å². The Bertz CT molecular complexity index is 274. The van der Waals surface area contributed by atoms with E-state index < -0.39 is 9.76 Å². The molecule has 0 aromatic heterocycles. The van der Waals surface area contributed by atoms with Gasteiger partial charge in [-0.1, -0.05) is 75.8 Å². The molecule has 1 N–H and O–H groups in total. The molecule has 0 saturated heterocycles.